The van der Waals surface area contributed by atoms with Crippen molar-refractivity contribution in [1.29, 1.82) is 5.26 Å². The summed E-state index contributed by atoms with van der Waals surface area (Å²) in [6.07, 6.45) is 13.2. The Morgan fingerprint density at radius 1 is 0.882 bits per heavy atom. The van der Waals surface area contributed by atoms with Gasteiger partial charge in [0.15, 0.2) is 6.23 Å². The number of hydrogen-bond donors (Lipinski definition) is 2. The third-order valence-corrected chi connectivity index (χ3v) is 5.04. The zero-order valence-corrected chi connectivity index (χ0v) is 20.2. The largest absolute Gasteiger partial charge is 0.402 e. The quantitative estimate of drug-likeness (QED) is 0.0889. The Kier molecular flexibility index (Phi) is 20.8. The SMILES string of the molecule is CCCCCC(NC(=O)N(CCCCCCN=C=O)C(=O)NCCCCCCN=C=O)OC#N. The number of nitriles is 1. The number of aliphatic imine (C=N–C) groups is 2. The number of carbonyl (C=O) groups is 2. The molecule has 0 aliphatic carbocycles. The molecule has 0 radical (unpaired) electrons. The number of nitrogens with one attached hydrogen (secondary N) is 2. The van der Waals surface area contributed by atoms with Gasteiger partial charge < -0.3 is 15.4 Å². The Hall–Kier alpha value is -3.21. The molecule has 0 heterocycles. The van der Waals surface area contributed by atoms with Gasteiger partial charge in [0.1, 0.15) is 0 Å². The minimum Gasteiger partial charge on any atom is -0.402 e. The zero-order chi connectivity index (χ0) is 25.3. The summed E-state index contributed by atoms with van der Waals surface area (Å²) >= 11 is 0. The van der Waals surface area contributed by atoms with Crippen LogP contribution >= 0.6 is 0 Å². The molecule has 0 aliphatic heterocycles. The molecule has 4 amide bonds. The van der Waals surface area contributed by atoms with Crippen LogP contribution in [0.3, 0.4) is 0 Å². The predicted octanol–water partition coefficient (Wildman–Crippen LogP) is 3.90. The summed E-state index contributed by atoms with van der Waals surface area (Å²) in [4.78, 5) is 53.8. The normalized spacial score (nSPS) is 10.7. The Bertz CT molecular complexity index is 698. The minimum atomic E-state index is -0.783. The van der Waals surface area contributed by atoms with Crippen LogP contribution in [0.2, 0.25) is 0 Å². The molecule has 0 aromatic rings. The highest BCUT2D eigenvalue weighted by atomic mass is 16.5. The lowest BCUT2D eigenvalue weighted by Gasteiger charge is -2.24. The maximum absolute atomic E-state index is 12.8. The molecule has 2 N–H and O–H groups in total. The molecule has 0 saturated heterocycles. The molecule has 190 valence electrons. The van der Waals surface area contributed by atoms with Crippen molar-refractivity contribution in [2.75, 3.05) is 26.2 Å². The third kappa shape index (κ3) is 17.4. The van der Waals surface area contributed by atoms with E-state index in [2.05, 4.69) is 27.5 Å². The van der Waals surface area contributed by atoms with Crippen LogP contribution in [-0.4, -0.2) is 61.5 Å². The molecule has 1 unspecified atom stereocenters. The van der Waals surface area contributed by atoms with Crippen LogP contribution in [0.5, 0.6) is 0 Å². The van der Waals surface area contributed by atoms with Crippen molar-refractivity contribution in [3.8, 4) is 6.26 Å². The Balaban J connectivity index is 4.72. The van der Waals surface area contributed by atoms with Crippen LogP contribution in [0.4, 0.5) is 9.59 Å². The molecule has 0 aromatic heterocycles. The average Bonchev–Trinajstić information content (AvgIpc) is 2.82. The van der Waals surface area contributed by atoms with E-state index in [1.807, 2.05) is 0 Å². The van der Waals surface area contributed by atoms with Gasteiger partial charge in [0, 0.05) is 19.5 Å². The molecule has 0 bridgehead atoms. The van der Waals surface area contributed by atoms with Crippen molar-refractivity contribution in [2.45, 2.75) is 90.2 Å². The lowest BCUT2D eigenvalue weighted by molar-refractivity contribution is 0.111. The van der Waals surface area contributed by atoms with Crippen molar-refractivity contribution in [2.24, 2.45) is 9.98 Å². The molecule has 0 rings (SSSR count). The molecule has 0 aliphatic rings. The number of amides is 4. The van der Waals surface area contributed by atoms with E-state index in [0.717, 1.165) is 69.1 Å². The second kappa shape index (κ2) is 23.0. The first-order chi connectivity index (χ1) is 16.6. The van der Waals surface area contributed by atoms with Gasteiger partial charge in [-0.3, -0.25) is 0 Å². The van der Waals surface area contributed by atoms with Crippen molar-refractivity contribution in [3.63, 3.8) is 0 Å². The van der Waals surface area contributed by atoms with Gasteiger partial charge in [-0.25, -0.2) is 34.1 Å². The van der Waals surface area contributed by atoms with Crippen molar-refractivity contribution in [3.05, 3.63) is 0 Å². The molecule has 11 heteroatoms. The van der Waals surface area contributed by atoms with Crippen molar-refractivity contribution < 1.29 is 23.9 Å². The summed E-state index contributed by atoms with van der Waals surface area (Å²) in [5.74, 6) is 0. The minimum absolute atomic E-state index is 0.215. The number of unbranched alkanes of at least 4 members (excludes halogenated alkanes) is 8. The van der Waals surface area contributed by atoms with Gasteiger partial charge in [0.2, 0.25) is 12.2 Å². The van der Waals surface area contributed by atoms with Crippen LogP contribution in [0.15, 0.2) is 9.98 Å². The molecule has 1 atom stereocenters. The van der Waals surface area contributed by atoms with Crippen molar-refractivity contribution >= 4 is 24.2 Å². The van der Waals surface area contributed by atoms with Gasteiger partial charge in [0.25, 0.3) is 6.26 Å². The van der Waals surface area contributed by atoms with Crippen LogP contribution in [0.25, 0.3) is 0 Å². The number of isocyanates is 2. The number of imide groups is 1. The summed E-state index contributed by atoms with van der Waals surface area (Å²) < 4.78 is 4.96. The second-order valence-corrected chi connectivity index (χ2v) is 7.80. The molecule has 34 heavy (non-hydrogen) atoms. The summed E-state index contributed by atoms with van der Waals surface area (Å²) in [6.45, 7) is 3.55. The Labute approximate surface area is 202 Å². The molecule has 0 saturated carbocycles. The van der Waals surface area contributed by atoms with E-state index in [9.17, 15) is 19.2 Å². The topological polar surface area (TPSA) is 153 Å². The van der Waals surface area contributed by atoms with Gasteiger partial charge in [-0.05, 0) is 32.1 Å². The van der Waals surface area contributed by atoms with Crippen LogP contribution < -0.4 is 10.6 Å². The Morgan fingerprint density at radius 2 is 1.50 bits per heavy atom. The van der Waals surface area contributed by atoms with E-state index in [0.29, 0.717) is 32.5 Å². The average molecular weight is 479 g/mol. The van der Waals surface area contributed by atoms with Gasteiger partial charge >= 0.3 is 12.1 Å². The van der Waals surface area contributed by atoms with Crippen LogP contribution in [-0.2, 0) is 14.3 Å². The number of hydrogen-bond acceptors (Lipinski definition) is 8. The molecular formula is C23H38N6O5. The summed E-state index contributed by atoms with van der Waals surface area (Å²) in [6, 6.07) is -1.11. The van der Waals surface area contributed by atoms with Crippen LogP contribution in [0, 0.1) is 11.5 Å². The van der Waals surface area contributed by atoms with Gasteiger partial charge in [0.05, 0.1) is 13.1 Å². The van der Waals surface area contributed by atoms with E-state index in [1.54, 1.807) is 6.26 Å². The number of ether oxygens (including phenoxy) is 1. The summed E-state index contributed by atoms with van der Waals surface area (Å²) in [5.41, 5.74) is 0. The van der Waals surface area contributed by atoms with Gasteiger partial charge in [-0.15, -0.1) is 0 Å². The standard InChI is InChI=1S/C23H38N6O5/c1-2-3-8-13-21(34-18-24)28-23(33)29(17-12-7-6-10-15-26-20-31)22(32)27-16-11-5-4-9-14-25-19-30/h21H,2-17H2,1H3,(H,27,32)(H,28,33). The fraction of sp³-hybridized carbons (Fsp3) is 0.783. The summed E-state index contributed by atoms with van der Waals surface area (Å²) in [7, 11) is 0. The predicted molar refractivity (Wildman–Crippen MR) is 126 cm³/mol. The maximum Gasteiger partial charge on any atom is 0.328 e. The number of carbonyl (C=O) groups excluding carboxylic acids is 4. The molecule has 0 fully saturated rings. The Morgan fingerprint density at radius 3 is 2.09 bits per heavy atom. The van der Waals surface area contributed by atoms with Gasteiger partial charge in [-0.1, -0.05) is 45.4 Å². The highest BCUT2D eigenvalue weighted by Gasteiger charge is 2.24. The lowest BCUT2D eigenvalue weighted by Crippen LogP contribution is -2.51. The van der Waals surface area contributed by atoms with E-state index >= 15 is 0 Å². The lowest BCUT2D eigenvalue weighted by atomic mass is 10.2. The van der Waals surface area contributed by atoms with Crippen LogP contribution in [0.1, 0.15) is 84.0 Å². The molecule has 0 aromatic carbocycles. The first-order valence-electron chi connectivity index (χ1n) is 12.1. The molecular weight excluding hydrogens is 440 g/mol. The maximum atomic E-state index is 12.8. The number of urea groups is 2. The fourth-order valence-electron chi connectivity index (χ4n) is 3.18. The first kappa shape index (κ1) is 30.8. The summed E-state index contributed by atoms with van der Waals surface area (Å²) in [5, 5.41) is 14.3. The molecule has 0 spiro atoms. The zero-order valence-electron chi connectivity index (χ0n) is 20.2. The smallest absolute Gasteiger partial charge is 0.328 e. The van der Waals surface area contributed by atoms with Crippen molar-refractivity contribution in [1.82, 2.24) is 15.5 Å². The highest BCUT2D eigenvalue weighted by molar-refractivity contribution is 5.93. The number of nitrogens with zero attached hydrogens (tertiary/aromatic N) is 4. The number of rotatable bonds is 20. The van der Waals surface area contributed by atoms with E-state index in [4.69, 9.17) is 10.00 Å². The van der Waals surface area contributed by atoms with E-state index in [1.165, 1.54) is 12.2 Å². The molecule has 11 nitrogen and oxygen atoms in total. The highest BCUT2D eigenvalue weighted by Crippen LogP contribution is 2.08. The fourth-order valence-corrected chi connectivity index (χ4v) is 3.18. The van der Waals surface area contributed by atoms with E-state index in [-0.39, 0.29) is 6.54 Å². The van der Waals surface area contributed by atoms with E-state index < -0.39 is 18.3 Å². The van der Waals surface area contributed by atoms with Gasteiger partial charge in [-0.2, -0.15) is 5.26 Å². The monoisotopic (exact) mass is 478 g/mol. The first-order valence-corrected chi connectivity index (χ1v) is 12.1. The third-order valence-electron chi connectivity index (χ3n) is 5.04. The second-order valence-electron chi connectivity index (χ2n) is 7.80.